The smallest absolute Gasteiger partial charge is 0.326 e. The van der Waals surface area contributed by atoms with E-state index >= 15 is 0 Å². The van der Waals surface area contributed by atoms with Gasteiger partial charge in [-0.25, -0.2) is 4.79 Å². The summed E-state index contributed by atoms with van der Waals surface area (Å²) in [6.07, 6.45) is 0. The number of H-pyrrole nitrogens is 1. The first-order valence-corrected chi connectivity index (χ1v) is 4.66. The molecule has 0 radical (unpaired) electrons. The van der Waals surface area contributed by atoms with E-state index in [0.29, 0.717) is 23.1 Å². The predicted molar refractivity (Wildman–Crippen MR) is 56.8 cm³/mol. The molecule has 1 aromatic heterocycles. The van der Waals surface area contributed by atoms with Crippen LogP contribution in [0, 0.1) is 0 Å². The molecule has 2 rings (SSSR count). The van der Waals surface area contributed by atoms with E-state index in [0.717, 1.165) is 0 Å². The Morgan fingerprint density at radius 3 is 2.87 bits per heavy atom. The standard InChI is InChI=1S/C10H11N3O2/c1-2-13-7-5-3-4-6(9(11)14)8(7)12-10(13)15/h3-5H,2H2,1H3,(H2,11,14)(H,12,15). The third kappa shape index (κ3) is 1.32. The maximum absolute atomic E-state index is 11.5. The molecule has 0 bridgehead atoms. The summed E-state index contributed by atoms with van der Waals surface area (Å²) in [6.45, 7) is 2.42. The van der Waals surface area contributed by atoms with Gasteiger partial charge in [0, 0.05) is 6.54 Å². The third-order valence-electron chi connectivity index (χ3n) is 2.39. The summed E-state index contributed by atoms with van der Waals surface area (Å²) >= 11 is 0. The Labute approximate surface area is 85.5 Å². The molecular weight excluding hydrogens is 194 g/mol. The van der Waals surface area contributed by atoms with Gasteiger partial charge in [0.15, 0.2) is 0 Å². The number of aromatic nitrogens is 2. The monoisotopic (exact) mass is 205 g/mol. The normalized spacial score (nSPS) is 10.7. The number of primary amides is 1. The van der Waals surface area contributed by atoms with Crippen molar-refractivity contribution in [2.24, 2.45) is 5.73 Å². The predicted octanol–water partition coefficient (Wildman–Crippen LogP) is 0.448. The van der Waals surface area contributed by atoms with Crippen LogP contribution in [0.15, 0.2) is 23.0 Å². The molecule has 1 heterocycles. The van der Waals surface area contributed by atoms with Crippen molar-refractivity contribution in [1.82, 2.24) is 9.55 Å². The quantitative estimate of drug-likeness (QED) is 0.746. The lowest BCUT2D eigenvalue weighted by atomic mass is 10.2. The van der Waals surface area contributed by atoms with Crippen LogP contribution in [0.4, 0.5) is 0 Å². The first kappa shape index (κ1) is 9.51. The zero-order valence-electron chi connectivity index (χ0n) is 8.28. The second kappa shape index (κ2) is 3.27. The number of fused-ring (bicyclic) bond motifs is 1. The molecule has 1 amide bonds. The number of aromatic amines is 1. The van der Waals surface area contributed by atoms with Crippen LogP contribution < -0.4 is 11.4 Å². The summed E-state index contributed by atoms with van der Waals surface area (Å²) in [4.78, 5) is 25.2. The van der Waals surface area contributed by atoms with Crippen LogP contribution in [0.1, 0.15) is 17.3 Å². The number of amides is 1. The van der Waals surface area contributed by atoms with Crippen molar-refractivity contribution in [2.75, 3.05) is 0 Å². The van der Waals surface area contributed by atoms with E-state index in [-0.39, 0.29) is 5.69 Å². The molecule has 2 aromatic rings. The Hall–Kier alpha value is -2.04. The lowest BCUT2D eigenvalue weighted by molar-refractivity contribution is 0.100. The minimum absolute atomic E-state index is 0.221. The van der Waals surface area contributed by atoms with Gasteiger partial charge in [0.25, 0.3) is 5.91 Å². The molecule has 78 valence electrons. The van der Waals surface area contributed by atoms with Gasteiger partial charge >= 0.3 is 5.69 Å². The van der Waals surface area contributed by atoms with Crippen molar-refractivity contribution in [3.8, 4) is 0 Å². The van der Waals surface area contributed by atoms with Crippen molar-refractivity contribution in [3.63, 3.8) is 0 Å². The number of imidazole rings is 1. The van der Waals surface area contributed by atoms with E-state index in [1.54, 1.807) is 22.8 Å². The van der Waals surface area contributed by atoms with Crippen molar-refractivity contribution in [2.45, 2.75) is 13.5 Å². The van der Waals surface area contributed by atoms with Gasteiger partial charge < -0.3 is 10.7 Å². The fourth-order valence-electron chi connectivity index (χ4n) is 1.70. The van der Waals surface area contributed by atoms with Crippen molar-refractivity contribution < 1.29 is 4.79 Å². The third-order valence-corrected chi connectivity index (χ3v) is 2.39. The number of hydrogen-bond donors (Lipinski definition) is 2. The molecule has 15 heavy (non-hydrogen) atoms. The molecule has 0 saturated carbocycles. The highest BCUT2D eigenvalue weighted by molar-refractivity contribution is 6.04. The van der Waals surface area contributed by atoms with Gasteiger partial charge in [0.1, 0.15) is 0 Å². The number of nitrogens with two attached hydrogens (primary N) is 1. The van der Waals surface area contributed by atoms with Gasteiger partial charge in [-0.3, -0.25) is 9.36 Å². The molecule has 0 aliphatic carbocycles. The number of para-hydroxylation sites is 1. The van der Waals surface area contributed by atoms with Crippen LogP contribution >= 0.6 is 0 Å². The summed E-state index contributed by atoms with van der Waals surface area (Å²) in [6, 6.07) is 5.09. The molecule has 1 aromatic carbocycles. The Morgan fingerprint density at radius 1 is 1.53 bits per heavy atom. The Kier molecular flexibility index (Phi) is 2.07. The fraction of sp³-hybridized carbons (Fsp3) is 0.200. The average Bonchev–Trinajstić information content (AvgIpc) is 2.52. The summed E-state index contributed by atoms with van der Waals surface area (Å²) < 4.78 is 1.56. The maximum atomic E-state index is 11.5. The molecule has 5 nitrogen and oxygen atoms in total. The number of carbonyl (C=O) groups is 1. The van der Waals surface area contributed by atoms with E-state index in [1.165, 1.54) is 0 Å². The molecule has 0 aliphatic rings. The Bertz CT molecular complexity index is 580. The van der Waals surface area contributed by atoms with Gasteiger partial charge in [-0.2, -0.15) is 0 Å². The lowest BCUT2D eigenvalue weighted by Crippen LogP contribution is -2.14. The number of aryl methyl sites for hydroxylation is 1. The van der Waals surface area contributed by atoms with Crippen molar-refractivity contribution >= 4 is 16.9 Å². The van der Waals surface area contributed by atoms with E-state index in [1.807, 2.05) is 6.92 Å². The first-order valence-electron chi connectivity index (χ1n) is 4.66. The largest absolute Gasteiger partial charge is 0.366 e. The van der Waals surface area contributed by atoms with E-state index < -0.39 is 5.91 Å². The van der Waals surface area contributed by atoms with Crippen LogP contribution in [0.2, 0.25) is 0 Å². The highest BCUT2D eigenvalue weighted by Crippen LogP contribution is 2.14. The summed E-state index contributed by atoms with van der Waals surface area (Å²) in [5.74, 6) is -0.537. The van der Waals surface area contributed by atoms with Crippen molar-refractivity contribution in [1.29, 1.82) is 0 Å². The van der Waals surface area contributed by atoms with Crippen LogP contribution in [0.3, 0.4) is 0 Å². The Morgan fingerprint density at radius 2 is 2.27 bits per heavy atom. The molecule has 5 heteroatoms. The van der Waals surface area contributed by atoms with Gasteiger partial charge in [0.05, 0.1) is 16.6 Å². The first-order chi connectivity index (χ1) is 7.15. The highest BCUT2D eigenvalue weighted by Gasteiger charge is 2.11. The number of rotatable bonds is 2. The molecule has 0 saturated heterocycles. The fourth-order valence-corrected chi connectivity index (χ4v) is 1.70. The van der Waals surface area contributed by atoms with Crippen LogP contribution in [0.25, 0.3) is 11.0 Å². The minimum atomic E-state index is -0.537. The second-order valence-corrected chi connectivity index (χ2v) is 3.24. The SMILES string of the molecule is CCn1c(=O)[nH]c2c(C(N)=O)cccc21. The number of nitrogens with one attached hydrogen (secondary N) is 1. The number of benzene rings is 1. The minimum Gasteiger partial charge on any atom is -0.366 e. The summed E-state index contributed by atoms with van der Waals surface area (Å²) in [7, 11) is 0. The summed E-state index contributed by atoms with van der Waals surface area (Å²) in [5.41, 5.74) is 6.55. The molecule has 0 unspecified atom stereocenters. The maximum Gasteiger partial charge on any atom is 0.326 e. The second-order valence-electron chi connectivity index (χ2n) is 3.24. The van der Waals surface area contributed by atoms with Crippen LogP contribution in [-0.4, -0.2) is 15.5 Å². The molecule has 0 spiro atoms. The molecule has 3 N–H and O–H groups in total. The zero-order chi connectivity index (χ0) is 11.0. The van der Waals surface area contributed by atoms with E-state index in [2.05, 4.69) is 4.98 Å². The number of hydrogen-bond acceptors (Lipinski definition) is 2. The average molecular weight is 205 g/mol. The highest BCUT2D eigenvalue weighted by atomic mass is 16.1. The molecular formula is C10H11N3O2. The van der Waals surface area contributed by atoms with Gasteiger partial charge in [-0.1, -0.05) is 6.07 Å². The lowest BCUT2D eigenvalue weighted by Gasteiger charge is -1.99. The summed E-state index contributed by atoms with van der Waals surface area (Å²) in [5, 5.41) is 0. The van der Waals surface area contributed by atoms with Crippen LogP contribution in [-0.2, 0) is 6.54 Å². The van der Waals surface area contributed by atoms with Crippen molar-refractivity contribution in [3.05, 3.63) is 34.2 Å². The van der Waals surface area contributed by atoms with E-state index in [9.17, 15) is 9.59 Å². The van der Waals surface area contributed by atoms with Gasteiger partial charge in [0.2, 0.25) is 0 Å². The topological polar surface area (TPSA) is 80.9 Å². The van der Waals surface area contributed by atoms with Gasteiger partial charge in [-0.15, -0.1) is 0 Å². The molecule has 0 fully saturated rings. The van der Waals surface area contributed by atoms with E-state index in [4.69, 9.17) is 5.73 Å². The zero-order valence-corrected chi connectivity index (χ0v) is 8.28. The molecule has 0 aliphatic heterocycles. The number of nitrogens with zero attached hydrogens (tertiary/aromatic N) is 1. The van der Waals surface area contributed by atoms with Crippen LogP contribution in [0.5, 0.6) is 0 Å². The Balaban J connectivity index is 2.89. The molecule has 0 atom stereocenters. The van der Waals surface area contributed by atoms with Gasteiger partial charge in [-0.05, 0) is 19.1 Å². The number of carbonyl (C=O) groups excluding carboxylic acids is 1.